The molecule has 4 aliphatic heterocycles. The van der Waals surface area contributed by atoms with Crippen LogP contribution >= 0.6 is 0 Å². The molecule has 0 amide bonds. The van der Waals surface area contributed by atoms with Crippen LogP contribution < -0.4 is 0 Å². The minimum absolute atomic E-state index is 0.900. The standard InChI is InChI=1S/C56H58N8/c1-9-35-39(13-5)51-29-52-40(14-6)36(10-2)48(62-52)26-32-18-22-44(58-32)55(43-21-17-31(57-43)25-47(35)61-51)56-45-23-19-33(59-45)27-49-37(11-3)41(15-7)53(63-49)30-54-42(16-8)38(12-4)50(64-54)28-34-20-24-46(56)60-34/h17-30,57-60H,9-16H2,1-8H3. The number of hydrogen-bond donors (Lipinski definition) is 4. The van der Waals surface area contributed by atoms with Crippen molar-refractivity contribution in [2.24, 2.45) is 0 Å². The highest BCUT2D eigenvalue weighted by Crippen LogP contribution is 2.42. The lowest BCUT2D eigenvalue weighted by Gasteiger charge is -2.05. The Balaban J connectivity index is 1.34. The second kappa shape index (κ2) is 16.7. The number of H-pyrrole nitrogens is 4. The van der Waals surface area contributed by atoms with Crippen LogP contribution in [-0.2, 0) is 0 Å². The average Bonchev–Trinajstić information content (AvgIpc) is 4.16. The summed E-state index contributed by atoms with van der Waals surface area (Å²) in [5.41, 5.74) is 28.5. The van der Waals surface area contributed by atoms with Crippen molar-refractivity contribution in [3.63, 3.8) is 0 Å². The Labute approximate surface area is 375 Å². The Morgan fingerprint density at radius 1 is 0.266 bits per heavy atom. The SMILES string of the molecule is CCC1=C(CC)c2cc3ccc([nH]3)c(-c3c4ccc(cc5nc(cc6nc(cc7ccc3[nH]7)C(CC)=C6CC)C(CC)=C5CC)[nH]4)c3ccc(cc4nc(cc1n2)C(CC)=C4CC)[nH]3. The third-order valence-electron chi connectivity index (χ3n) is 13.6. The highest BCUT2D eigenvalue weighted by molar-refractivity contribution is 6.06. The zero-order valence-corrected chi connectivity index (χ0v) is 38.5. The Morgan fingerprint density at radius 3 is 0.641 bits per heavy atom. The maximum absolute atomic E-state index is 5.33. The van der Waals surface area contributed by atoms with Gasteiger partial charge in [0.2, 0.25) is 0 Å². The molecule has 16 bridgehead atoms. The van der Waals surface area contributed by atoms with Crippen molar-refractivity contribution in [1.82, 2.24) is 39.9 Å². The molecular weight excluding hydrogens is 785 g/mol. The highest BCUT2D eigenvalue weighted by atomic mass is 14.8. The summed E-state index contributed by atoms with van der Waals surface area (Å²) in [6.45, 7) is 17.9. The van der Waals surface area contributed by atoms with Gasteiger partial charge in [0.15, 0.2) is 0 Å². The van der Waals surface area contributed by atoms with E-state index in [0.29, 0.717) is 0 Å². The summed E-state index contributed by atoms with van der Waals surface area (Å²) < 4.78 is 0. The van der Waals surface area contributed by atoms with Crippen molar-refractivity contribution >= 4 is 88.7 Å². The number of fused-ring (bicyclic) bond motifs is 16. The zero-order chi connectivity index (χ0) is 44.2. The van der Waals surface area contributed by atoms with Gasteiger partial charge in [-0.05, 0) is 181 Å². The van der Waals surface area contributed by atoms with Crippen LogP contribution in [0.4, 0.5) is 0 Å². The third-order valence-corrected chi connectivity index (χ3v) is 13.6. The molecule has 4 N–H and O–H groups in total. The predicted molar refractivity (Wildman–Crippen MR) is 271 cm³/mol. The van der Waals surface area contributed by atoms with E-state index in [2.05, 4.69) is 160 Å². The molecule has 0 aromatic carbocycles. The summed E-state index contributed by atoms with van der Waals surface area (Å²) in [5.74, 6) is 0. The number of allylic oxidation sites excluding steroid dienone is 8. The van der Waals surface area contributed by atoms with Crippen molar-refractivity contribution in [1.29, 1.82) is 0 Å². The molecule has 0 radical (unpaired) electrons. The molecule has 64 heavy (non-hydrogen) atoms. The fourth-order valence-corrected chi connectivity index (χ4v) is 10.7. The lowest BCUT2D eigenvalue weighted by molar-refractivity contribution is 1.18. The first kappa shape index (κ1) is 41.2. The molecular formula is C56H58N8. The molecule has 0 atom stereocenters. The van der Waals surface area contributed by atoms with Crippen LogP contribution in [-0.4, -0.2) is 39.9 Å². The van der Waals surface area contributed by atoms with Gasteiger partial charge >= 0.3 is 0 Å². The van der Waals surface area contributed by atoms with Gasteiger partial charge in [0.1, 0.15) is 0 Å². The Kier molecular flexibility index (Phi) is 10.8. The lowest BCUT2D eigenvalue weighted by Crippen LogP contribution is -1.86. The van der Waals surface area contributed by atoms with Crippen LogP contribution in [0.1, 0.15) is 152 Å². The van der Waals surface area contributed by atoms with Crippen molar-refractivity contribution in [2.75, 3.05) is 0 Å². The van der Waals surface area contributed by atoms with E-state index in [4.69, 9.17) is 19.9 Å². The number of hydrogen-bond acceptors (Lipinski definition) is 4. The van der Waals surface area contributed by atoms with Crippen LogP contribution in [0.25, 0.3) is 99.8 Å². The van der Waals surface area contributed by atoms with Gasteiger partial charge in [-0.1, -0.05) is 55.4 Å². The van der Waals surface area contributed by atoms with Crippen LogP contribution in [0.5, 0.6) is 0 Å². The minimum Gasteiger partial charge on any atom is -0.355 e. The lowest BCUT2D eigenvalue weighted by atomic mass is 9.98. The average molecular weight is 843 g/mol. The second-order valence-corrected chi connectivity index (χ2v) is 17.1. The molecule has 4 aliphatic rings. The van der Waals surface area contributed by atoms with E-state index < -0.39 is 0 Å². The molecule has 0 aliphatic carbocycles. The largest absolute Gasteiger partial charge is 0.355 e. The Morgan fingerprint density at radius 2 is 0.453 bits per heavy atom. The number of aromatic amines is 4. The highest BCUT2D eigenvalue weighted by Gasteiger charge is 2.24. The van der Waals surface area contributed by atoms with Crippen molar-refractivity contribution in [3.05, 3.63) is 130 Å². The molecule has 0 fully saturated rings. The van der Waals surface area contributed by atoms with Crippen LogP contribution in [0, 0.1) is 0 Å². The first-order valence-electron chi connectivity index (χ1n) is 23.6. The fraction of sp³-hybridized carbons (Fsp3) is 0.286. The van der Waals surface area contributed by atoms with E-state index in [1.807, 2.05) is 0 Å². The van der Waals surface area contributed by atoms with Crippen LogP contribution in [0.15, 0.2) is 84.9 Å². The van der Waals surface area contributed by atoms with E-state index in [-0.39, 0.29) is 0 Å². The predicted octanol–water partition coefficient (Wildman–Crippen LogP) is 15.5. The Bertz CT molecular complexity index is 2930. The van der Waals surface area contributed by atoms with Crippen molar-refractivity contribution < 1.29 is 0 Å². The summed E-state index contributed by atoms with van der Waals surface area (Å²) in [6, 6.07) is 30.9. The van der Waals surface area contributed by atoms with E-state index in [9.17, 15) is 0 Å². The van der Waals surface area contributed by atoms with Crippen molar-refractivity contribution in [3.8, 4) is 11.1 Å². The van der Waals surface area contributed by atoms with Gasteiger partial charge in [-0.2, -0.15) is 0 Å². The van der Waals surface area contributed by atoms with Gasteiger partial charge in [0.25, 0.3) is 0 Å². The first-order chi connectivity index (χ1) is 31.3. The first-order valence-corrected chi connectivity index (χ1v) is 23.6. The van der Waals surface area contributed by atoms with E-state index >= 15 is 0 Å². The monoisotopic (exact) mass is 842 g/mol. The van der Waals surface area contributed by atoms with E-state index in [1.165, 1.54) is 44.6 Å². The summed E-state index contributed by atoms with van der Waals surface area (Å²) in [4.78, 5) is 36.8. The van der Waals surface area contributed by atoms with Gasteiger partial charge in [0.05, 0.1) is 45.6 Å². The second-order valence-electron chi connectivity index (χ2n) is 17.1. The van der Waals surface area contributed by atoms with Crippen LogP contribution in [0.2, 0.25) is 0 Å². The Hall–Kier alpha value is -6.80. The minimum atomic E-state index is 0.900. The van der Waals surface area contributed by atoms with Gasteiger partial charge in [0, 0.05) is 55.3 Å². The third kappa shape index (κ3) is 6.91. The van der Waals surface area contributed by atoms with Gasteiger partial charge < -0.3 is 19.9 Å². The van der Waals surface area contributed by atoms with E-state index in [0.717, 1.165) is 152 Å². The number of nitrogens with one attached hydrogen (secondary N) is 4. The maximum atomic E-state index is 5.33. The zero-order valence-electron chi connectivity index (χ0n) is 38.5. The molecule has 6 aromatic rings. The number of aromatic nitrogens is 8. The molecule has 8 heteroatoms. The molecule has 0 saturated heterocycles. The smallest absolute Gasteiger partial charge is 0.0694 e. The molecule has 0 saturated carbocycles. The van der Waals surface area contributed by atoms with Crippen LogP contribution in [0.3, 0.4) is 0 Å². The topological polar surface area (TPSA) is 115 Å². The van der Waals surface area contributed by atoms with Gasteiger partial charge in [-0.15, -0.1) is 0 Å². The van der Waals surface area contributed by atoms with Gasteiger partial charge in [-0.3, -0.25) is 0 Å². The molecule has 8 nitrogen and oxygen atoms in total. The summed E-state index contributed by atoms with van der Waals surface area (Å²) >= 11 is 0. The fourth-order valence-electron chi connectivity index (χ4n) is 10.7. The normalized spacial score (nSPS) is 14.2. The van der Waals surface area contributed by atoms with E-state index in [1.54, 1.807) is 0 Å². The van der Waals surface area contributed by atoms with Gasteiger partial charge in [-0.25, -0.2) is 19.9 Å². The van der Waals surface area contributed by atoms with Crippen molar-refractivity contribution in [2.45, 2.75) is 107 Å². The number of rotatable bonds is 9. The molecule has 0 unspecified atom stereocenters. The molecule has 322 valence electrons. The molecule has 10 heterocycles. The molecule has 0 spiro atoms. The maximum Gasteiger partial charge on any atom is 0.0694 e. The number of nitrogens with zero attached hydrogens (tertiary/aromatic N) is 4. The summed E-state index contributed by atoms with van der Waals surface area (Å²) in [5, 5.41) is 0. The molecule has 6 aromatic heterocycles. The quantitative estimate of drug-likeness (QED) is 0.116. The summed E-state index contributed by atoms with van der Waals surface area (Å²) in [7, 11) is 0. The summed E-state index contributed by atoms with van der Waals surface area (Å²) in [6.07, 6.45) is 7.22. The molecule has 10 rings (SSSR count).